The molecule has 1 aromatic carbocycles. The standard InChI is InChI=1S/C15H20O3/c16-10-15(6-7-18-14(15)12-4-5-12)9-11-2-1-3-13(17)8-11/h1-3,8,12,14,16-17H,4-7,9-10H2. The van der Waals surface area contributed by atoms with Crippen molar-refractivity contribution in [3.05, 3.63) is 29.8 Å². The number of aromatic hydroxyl groups is 1. The molecule has 1 saturated heterocycles. The first-order valence-corrected chi connectivity index (χ1v) is 6.74. The molecule has 3 heteroatoms. The minimum absolute atomic E-state index is 0.144. The van der Waals surface area contributed by atoms with Crippen molar-refractivity contribution in [3.8, 4) is 5.75 Å². The maximum Gasteiger partial charge on any atom is 0.115 e. The lowest BCUT2D eigenvalue weighted by molar-refractivity contribution is 0.000565. The Bertz CT molecular complexity index is 428. The summed E-state index contributed by atoms with van der Waals surface area (Å²) in [7, 11) is 0. The smallest absolute Gasteiger partial charge is 0.115 e. The van der Waals surface area contributed by atoms with Gasteiger partial charge in [0.15, 0.2) is 0 Å². The number of ether oxygens (including phenoxy) is 1. The summed E-state index contributed by atoms with van der Waals surface area (Å²) in [5.74, 6) is 0.930. The normalized spacial score (nSPS) is 31.7. The van der Waals surface area contributed by atoms with Crippen molar-refractivity contribution in [3.63, 3.8) is 0 Å². The fourth-order valence-electron chi connectivity index (χ4n) is 3.23. The fraction of sp³-hybridized carbons (Fsp3) is 0.600. The van der Waals surface area contributed by atoms with Crippen LogP contribution in [0.25, 0.3) is 0 Å². The highest BCUT2D eigenvalue weighted by atomic mass is 16.5. The molecular weight excluding hydrogens is 228 g/mol. The Kier molecular flexibility index (Phi) is 3.04. The highest BCUT2D eigenvalue weighted by Gasteiger charge is 2.50. The molecule has 1 aliphatic heterocycles. The number of phenolic OH excluding ortho intramolecular Hbond substituents is 1. The maximum absolute atomic E-state index is 9.85. The van der Waals surface area contributed by atoms with Crippen molar-refractivity contribution in [2.75, 3.05) is 13.2 Å². The van der Waals surface area contributed by atoms with Crippen molar-refractivity contribution in [2.24, 2.45) is 11.3 Å². The number of aliphatic hydroxyl groups excluding tert-OH is 1. The van der Waals surface area contributed by atoms with E-state index in [2.05, 4.69) is 0 Å². The van der Waals surface area contributed by atoms with Crippen molar-refractivity contribution in [1.82, 2.24) is 0 Å². The molecule has 1 heterocycles. The van der Waals surface area contributed by atoms with Crippen LogP contribution in [0.15, 0.2) is 24.3 Å². The Labute approximate surface area is 107 Å². The fourth-order valence-corrected chi connectivity index (χ4v) is 3.23. The van der Waals surface area contributed by atoms with Gasteiger partial charge in [-0.3, -0.25) is 0 Å². The molecular formula is C15H20O3. The Morgan fingerprint density at radius 2 is 2.17 bits per heavy atom. The average Bonchev–Trinajstić information content (AvgIpc) is 3.12. The molecule has 98 valence electrons. The zero-order valence-electron chi connectivity index (χ0n) is 10.5. The van der Waals surface area contributed by atoms with Crippen LogP contribution in [0, 0.1) is 11.3 Å². The van der Waals surface area contributed by atoms with Crippen LogP contribution < -0.4 is 0 Å². The zero-order chi connectivity index (χ0) is 12.6. The van der Waals surface area contributed by atoms with Crippen LogP contribution in [-0.4, -0.2) is 29.5 Å². The predicted octanol–water partition coefficient (Wildman–Crippen LogP) is 2.11. The number of benzene rings is 1. The van der Waals surface area contributed by atoms with Gasteiger partial charge >= 0.3 is 0 Å². The molecule has 0 amide bonds. The molecule has 0 radical (unpaired) electrons. The summed E-state index contributed by atoms with van der Waals surface area (Å²) in [6.45, 7) is 0.921. The predicted molar refractivity (Wildman–Crippen MR) is 68.4 cm³/mol. The van der Waals surface area contributed by atoms with Gasteiger partial charge in [-0.2, -0.15) is 0 Å². The largest absolute Gasteiger partial charge is 0.508 e. The summed E-state index contributed by atoms with van der Waals surface area (Å²) in [6, 6.07) is 7.34. The van der Waals surface area contributed by atoms with Gasteiger partial charge in [0.25, 0.3) is 0 Å². The molecule has 2 aliphatic rings. The average molecular weight is 248 g/mol. The molecule has 18 heavy (non-hydrogen) atoms. The van der Waals surface area contributed by atoms with E-state index in [0.717, 1.165) is 25.0 Å². The van der Waals surface area contributed by atoms with Crippen LogP contribution in [0.2, 0.25) is 0 Å². The topological polar surface area (TPSA) is 49.7 Å². The summed E-state index contributed by atoms with van der Waals surface area (Å²) in [6.07, 6.45) is 4.36. The van der Waals surface area contributed by atoms with Gasteiger partial charge in [-0.05, 0) is 49.3 Å². The summed E-state index contributed by atoms with van der Waals surface area (Å²) in [4.78, 5) is 0. The lowest BCUT2D eigenvalue weighted by Crippen LogP contribution is -2.38. The molecule has 0 bridgehead atoms. The maximum atomic E-state index is 9.85. The molecule has 0 aromatic heterocycles. The first kappa shape index (κ1) is 12.0. The Morgan fingerprint density at radius 1 is 1.33 bits per heavy atom. The van der Waals surface area contributed by atoms with Crippen LogP contribution >= 0.6 is 0 Å². The van der Waals surface area contributed by atoms with Crippen LogP contribution in [0.3, 0.4) is 0 Å². The van der Waals surface area contributed by atoms with Gasteiger partial charge in [0.1, 0.15) is 5.75 Å². The number of phenols is 1. The summed E-state index contributed by atoms with van der Waals surface area (Å²) in [5.41, 5.74) is 0.940. The van der Waals surface area contributed by atoms with Crippen LogP contribution in [0.1, 0.15) is 24.8 Å². The molecule has 2 unspecified atom stereocenters. The number of aliphatic hydroxyl groups is 1. The van der Waals surface area contributed by atoms with Gasteiger partial charge in [0, 0.05) is 12.0 Å². The van der Waals surface area contributed by atoms with Gasteiger partial charge in [-0.25, -0.2) is 0 Å². The summed E-state index contributed by atoms with van der Waals surface area (Å²) in [5, 5.41) is 19.4. The van der Waals surface area contributed by atoms with Gasteiger partial charge in [-0.15, -0.1) is 0 Å². The van der Waals surface area contributed by atoms with E-state index >= 15 is 0 Å². The minimum atomic E-state index is -0.144. The lowest BCUT2D eigenvalue weighted by atomic mass is 9.75. The summed E-state index contributed by atoms with van der Waals surface area (Å²) < 4.78 is 5.86. The highest BCUT2D eigenvalue weighted by Crippen LogP contribution is 2.49. The zero-order valence-corrected chi connectivity index (χ0v) is 10.5. The van der Waals surface area contributed by atoms with Crippen LogP contribution in [0.5, 0.6) is 5.75 Å². The third-order valence-electron chi connectivity index (χ3n) is 4.33. The van der Waals surface area contributed by atoms with E-state index in [1.165, 1.54) is 12.8 Å². The second kappa shape index (κ2) is 4.56. The molecule has 0 spiro atoms. The van der Waals surface area contributed by atoms with Crippen LogP contribution in [0.4, 0.5) is 0 Å². The van der Waals surface area contributed by atoms with Crippen molar-refractivity contribution in [1.29, 1.82) is 0 Å². The highest BCUT2D eigenvalue weighted by molar-refractivity contribution is 5.28. The third kappa shape index (κ3) is 2.13. The number of hydrogen-bond donors (Lipinski definition) is 2. The molecule has 1 aromatic rings. The van der Waals surface area contributed by atoms with Crippen molar-refractivity contribution in [2.45, 2.75) is 31.8 Å². The summed E-state index contributed by atoms with van der Waals surface area (Å²) >= 11 is 0. The second-order valence-corrected chi connectivity index (χ2v) is 5.75. The monoisotopic (exact) mass is 248 g/mol. The quantitative estimate of drug-likeness (QED) is 0.858. The lowest BCUT2D eigenvalue weighted by Gasteiger charge is -2.32. The Hall–Kier alpha value is -1.06. The van der Waals surface area contributed by atoms with Gasteiger partial charge < -0.3 is 14.9 Å². The second-order valence-electron chi connectivity index (χ2n) is 5.75. The molecule has 1 saturated carbocycles. The van der Waals surface area contributed by atoms with Crippen molar-refractivity contribution < 1.29 is 14.9 Å². The Morgan fingerprint density at radius 3 is 2.83 bits per heavy atom. The molecule has 2 fully saturated rings. The van der Waals surface area contributed by atoms with E-state index in [0.29, 0.717) is 11.7 Å². The molecule has 3 rings (SSSR count). The first-order valence-electron chi connectivity index (χ1n) is 6.74. The number of hydrogen-bond acceptors (Lipinski definition) is 3. The van der Waals surface area contributed by atoms with Gasteiger partial charge in [0.2, 0.25) is 0 Å². The SMILES string of the molecule is OCC1(Cc2cccc(O)c2)CCOC1C1CC1. The Balaban J connectivity index is 1.82. The molecule has 3 nitrogen and oxygen atoms in total. The van der Waals surface area contributed by atoms with E-state index in [1.54, 1.807) is 12.1 Å². The van der Waals surface area contributed by atoms with Crippen molar-refractivity contribution >= 4 is 0 Å². The first-order chi connectivity index (χ1) is 8.73. The third-order valence-corrected chi connectivity index (χ3v) is 4.33. The van der Waals surface area contributed by atoms with Crippen LogP contribution in [-0.2, 0) is 11.2 Å². The van der Waals surface area contributed by atoms with E-state index < -0.39 is 0 Å². The molecule has 2 atom stereocenters. The minimum Gasteiger partial charge on any atom is -0.508 e. The molecule has 1 aliphatic carbocycles. The number of rotatable bonds is 4. The van der Waals surface area contributed by atoms with E-state index in [-0.39, 0.29) is 18.1 Å². The van der Waals surface area contributed by atoms with E-state index in [4.69, 9.17) is 4.74 Å². The van der Waals surface area contributed by atoms with E-state index in [9.17, 15) is 10.2 Å². The van der Waals surface area contributed by atoms with Gasteiger partial charge in [0.05, 0.1) is 12.7 Å². The molecule has 2 N–H and O–H groups in total. The van der Waals surface area contributed by atoms with E-state index in [1.807, 2.05) is 12.1 Å². The van der Waals surface area contributed by atoms with Gasteiger partial charge in [-0.1, -0.05) is 12.1 Å².